The maximum absolute atomic E-state index is 5.74. The van der Waals surface area contributed by atoms with Gasteiger partial charge in [-0.05, 0) is 36.4 Å². The molecular formula is C21H18N4O2. The van der Waals surface area contributed by atoms with Crippen molar-refractivity contribution in [1.29, 1.82) is 0 Å². The Kier molecular flexibility index (Phi) is 4.97. The second-order valence-corrected chi connectivity index (χ2v) is 5.75. The summed E-state index contributed by atoms with van der Waals surface area (Å²) in [5, 5.41) is 6.54. The van der Waals surface area contributed by atoms with Crippen molar-refractivity contribution >= 4 is 23.0 Å². The zero-order chi connectivity index (χ0) is 18.3. The molecule has 27 heavy (non-hydrogen) atoms. The molecule has 2 heterocycles. The Hall–Kier alpha value is -3.80. The molecule has 0 saturated carbocycles. The fraction of sp³-hybridized carbons (Fsp3) is 0.0476. The first-order valence-corrected chi connectivity index (χ1v) is 8.53. The second-order valence-electron chi connectivity index (χ2n) is 5.75. The summed E-state index contributed by atoms with van der Waals surface area (Å²) in [6, 6.07) is 17.2. The molecule has 3 aromatic rings. The monoisotopic (exact) mass is 358 g/mol. The van der Waals surface area contributed by atoms with Crippen LogP contribution in [0.1, 0.15) is 0 Å². The van der Waals surface area contributed by atoms with Crippen LogP contribution in [0.25, 0.3) is 0 Å². The lowest BCUT2D eigenvalue weighted by Crippen LogP contribution is -2.00. The van der Waals surface area contributed by atoms with Crippen molar-refractivity contribution in [2.45, 2.75) is 0 Å². The standard InChI is InChI=1S/C21H18N4O2/c1-4-11-26-17-8-6-7-16(13-17)24-20-14-21(23-15-22-20)25-18-9-2-3-10-19(18)27-12-5-1/h1-10,12-15H,11H2,(H2,22,23,24,25)/b4-1-,12-5-. The fourth-order valence-corrected chi connectivity index (χ4v) is 2.55. The third-order valence-corrected chi connectivity index (χ3v) is 3.79. The summed E-state index contributed by atoms with van der Waals surface area (Å²) in [5.41, 5.74) is 1.69. The molecule has 1 aliphatic rings. The Morgan fingerprint density at radius 2 is 1.74 bits per heavy atom. The molecule has 1 aromatic heterocycles. The van der Waals surface area contributed by atoms with Crippen molar-refractivity contribution in [3.8, 4) is 11.5 Å². The zero-order valence-corrected chi connectivity index (χ0v) is 14.5. The number of ether oxygens (including phenoxy) is 2. The van der Waals surface area contributed by atoms with Crippen LogP contribution in [0.4, 0.5) is 23.0 Å². The van der Waals surface area contributed by atoms with Crippen molar-refractivity contribution in [3.63, 3.8) is 0 Å². The minimum atomic E-state index is 0.462. The minimum absolute atomic E-state index is 0.462. The van der Waals surface area contributed by atoms with E-state index in [-0.39, 0.29) is 0 Å². The molecule has 6 heteroatoms. The molecular weight excluding hydrogens is 340 g/mol. The van der Waals surface area contributed by atoms with E-state index in [0.717, 1.165) is 17.1 Å². The van der Waals surface area contributed by atoms with Gasteiger partial charge in [-0.25, -0.2) is 9.97 Å². The number of anilines is 4. The quantitative estimate of drug-likeness (QED) is 0.601. The van der Waals surface area contributed by atoms with Crippen molar-refractivity contribution < 1.29 is 9.47 Å². The van der Waals surface area contributed by atoms with Gasteiger partial charge in [0, 0.05) is 17.8 Å². The number of hydrogen-bond donors (Lipinski definition) is 2. The number of hydrogen-bond acceptors (Lipinski definition) is 6. The highest BCUT2D eigenvalue weighted by Gasteiger charge is 2.06. The van der Waals surface area contributed by atoms with Gasteiger partial charge in [-0.15, -0.1) is 0 Å². The zero-order valence-electron chi connectivity index (χ0n) is 14.5. The number of para-hydroxylation sites is 2. The summed E-state index contributed by atoms with van der Waals surface area (Å²) in [4.78, 5) is 8.57. The van der Waals surface area contributed by atoms with E-state index in [1.54, 1.807) is 6.26 Å². The van der Waals surface area contributed by atoms with Crippen LogP contribution in [0.15, 0.2) is 85.4 Å². The summed E-state index contributed by atoms with van der Waals surface area (Å²) < 4.78 is 11.5. The maximum Gasteiger partial charge on any atom is 0.149 e. The van der Waals surface area contributed by atoms with E-state index in [0.29, 0.717) is 24.0 Å². The van der Waals surface area contributed by atoms with Gasteiger partial charge < -0.3 is 20.1 Å². The van der Waals surface area contributed by atoms with Crippen LogP contribution < -0.4 is 20.1 Å². The highest BCUT2D eigenvalue weighted by Crippen LogP contribution is 2.28. The van der Waals surface area contributed by atoms with Crippen LogP contribution in [-0.2, 0) is 0 Å². The van der Waals surface area contributed by atoms with Gasteiger partial charge >= 0.3 is 0 Å². The van der Waals surface area contributed by atoms with Gasteiger partial charge in [-0.1, -0.05) is 24.3 Å². The van der Waals surface area contributed by atoms with E-state index < -0.39 is 0 Å². The highest BCUT2D eigenvalue weighted by molar-refractivity contribution is 5.67. The van der Waals surface area contributed by atoms with Crippen molar-refractivity contribution in [2.75, 3.05) is 17.2 Å². The molecule has 2 aromatic carbocycles. The predicted molar refractivity (Wildman–Crippen MR) is 106 cm³/mol. The first-order valence-electron chi connectivity index (χ1n) is 8.53. The molecule has 1 aliphatic heterocycles. The minimum Gasteiger partial charge on any atom is -0.489 e. The van der Waals surface area contributed by atoms with E-state index in [1.807, 2.05) is 72.8 Å². The number of fused-ring (bicyclic) bond motifs is 5. The number of nitrogens with zero attached hydrogens (tertiary/aromatic N) is 2. The Morgan fingerprint density at radius 3 is 2.70 bits per heavy atom. The average Bonchev–Trinajstić information content (AvgIpc) is 2.68. The lowest BCUT2D eigenvalue weighted by Gasteiger charge is -2.12. The first kappa shape index (κ1) is 16.7. The van der Waals surface area contributed by atoms with Crippen molar-refractivity contribution in [2.24, 2.45) is 0 Å². The van der Waals surface area contributed by atoms with E-state index in [2.05, 4.69) is 20.6 Å². The molecule has 6 nitrogen and oxygen atoms in total. The van der Waals surface area contributed by atoms with Crippen LogP contribution in [-0.4, -0.2) is 16.6 Å². The normalized spacial score (nSPS) is 15.6. The van der Waals surface area contributed by atoms with Gasteiger partial charge in [-0.3, -0.25) is 0 Å². The molecule has 0 aliphatic carbocycles. The number of nitrogens with one attached hydrogen (secondary N) is 2. The van der Waals surface area contributed by atoms with Gasteiger partial charge in [0.2, 0.25) is 0 Å². The Labute approximate surface area is 157 Å². The van der Waals surface area contributed by atoms with Crippen LogP contribution in [0.3, 0.4) is 0 Å². The number of benzene rings is 2. The highest BCUT2D eigenvalue weighted by atomic mass is 16.5. The smallest absolute Gasteiger partial charge is 0.149 e. The van der Waals surface area contributed by atoms with Gasteiger partial charge in [0.25, 0.3) is 0 Å². The molecule has 0 atom stereocenters. The number of allylic oxidation sites excluding steroid dienone is 2. The lowest BCUT2D eigenvalue weighted by atomic mass is 10.3. The number of rotatable bonds is 0. The Bertz CT molecular complexity index is 985. The fourth-order valence-electron chi connectivity index (χ4n) is 2.55. The first-order chi connectivity index (χ1) is 13.4. The molecule has 2 N–H and O–H groups in total. The SMILES string of the molecule is C1=C\COc2cccc(c2)Nc2cc(ncn2)Nc2ccccc2O\C=C/1. The molecule has 0 unspecified atom stereocenters. The third-order valence-electron chi connectivity index (χ3n) is 3.79. The molecule has 4 bridgehead atoms. The largest absolute Gasteiger partial charge is 0.489 e. The lowest BCUT2D eigenvalue weighted by molar-refractivity contribution is 0.363. The van der Waals surface area contributed by atoms with E-state index in [1.165, 1.54) is 6.33 Å². The second kappa shape index (κ2) is 8.05. The molecule has 4 rings (SSSR count). The van der Waals surface area contributed by atoms with Crippen LogP contribution in [0.2, 0.25) is 0 Å². The molecule has 0 amide bonds. The predicted octanol–water partition coefficient (Wildman–Crippen LogP) is 4.80. The van der Waals surface area contributed by atoms with Crippen LogP contribution in [0.5, 0.6) is 11.5 Å². The Morgan fingerprint density at radius 1 is 0.852 bits per heavy atom. The van der Waals surface area contributed by atoms with Crippen LogP contribution >= 0.6 is 0 Å². The third kappa shape index (κ3) is 4.43. The van der Waals surface area contributed by atoms with Crippen molar-refractivity contribution in [1.82, 2.24) is 9.97 Å². The van der Waals surface area contributed by atoms with Gasteiger partial charge in [0.1, 0.15) is 36.1 Å². The molecule has 0 saturated heterocycles. The molecule has 0 spiro atoms. The average molecular weight is 358 g/mol. The van der Waals surface area contributed by atoms with Gasteiger partial charge in [-0.2, -0.15) is 0 Å². The Balaban J connectivity index is 1.68. The van der Waals surface area contributed by atoms with E-state index in [9.17, 15) is 0 Å². The van der Waals surface area contributed by atoms with Crippen molar-refractivity contribution in [3.05, 3.63) is 85.4 Å². The van der Waals surface area contributed by atoms with E-state index >= 15 is 0 Å². The van der Waals surface area contributed by atoms with Gasteiger partial charge in [0.15, 0.2) is 0 Å². The summed E-state index contributed by atoms with van der Waals surface area (Å²) in [6.45, 7) is 0.462. The summed E-state index contributed by atoms with van der Waals surface area (Å²) in [5.74, 6) is 2.80. The van der Waals surface area contributed by atoms with E-state index in [4.69, 9.17) is 9.47 Å². The number of aromatic nitrogens is 2. The maximum atomic E-state index is 5.74. The summed E-state index contributed by atoms with van der Waals surface area (Å²) in [6.07, 6.45) is 8.75. The van der Waals surface area contributed by atoms with Crippen LogP contribution in [0, 0.1) is 0 Å². The van der Waals surface area contributed by atoms with Gasteiger partial charge in [0.05, 0.1) is 11.9 Å². The topological polar surface area (TPSA) is 68.3 Å². The molecule has 0 fully saturated rings. The molecule has 134 valence electrons. The summed E-state index contributed by atoms with van der Waals surface area (Å²) >= 11 is 0. The molecule has 0 radical (unpaired) electrons. The summed E-state index contributed by atoms with van der Waals surface area (Å²) in [7, 11) is 0.